The lowest BCUT2D eigenvalue weighted by Gasteiger charge is -1.98. The van der Waals surface area contributed by atoms with E-state index < -0.39 is 11.9 Å². The van der Waals surface area contributed by atoms with Crippen molar-refractivity contribution in [3.63, 3.8) is 0 Å². The minimum atomic E-state index is -4.40. The fraction of sp³-hybridized carbons (Fsp3) is 0.200. The third-order valence-corrected chi connectivity index (χ3v) is 0.726. The summed E-state index contributed by atoms with van der Waals surface area (Å²) in [6, 6.07) is 2.96. The van der Waals surface area contributed by atoms with E-state index in [9.17, 15) is 13.2 Å². The molecular weight excluding hydrogens is 133 g/mol. The van der Waals surface area contributed by atoms with Crippen LogP contribution in [0.1, 0.15) is 5.76 Å². The Morgan fingerprint density at radius 1 is 1.44 bits per heavy atom. The molecule has 0 saturated carbocycles. The van der Waals surface area contributed by atoms with Crippen molar-refractivity contribution in [2.75, 3.05) is 0 Å². The molecule has 0 atom stereocenters. The maximum absolute atomic E-state index is 11.5. The molecule has 0 aromatic carbocycles. The van der Waals surface area contributed by atoms with Gasteiger partial charge < -0.3 is 4.42 Å². The largest absolute Gasteiger partial charge is 0.459 e. The summed E-state index contributed by atoms with van der Waals surface area (Å²) in [6.45, 7) is 0. The lowest BCUT2D eigenvalue weighted by molar-refractivity contribution is -0.153. The Bertz CT molecular complexity index is 175. The molecule has 1 radical (unpaired) electrons. The molecule has 49 valence electrons. The van der Waals surface area contributed by atoms with Crippen LogP contribution < -0.4 is 0 Å². The summed E-state index contributed by atoms with van der Waals surface area (Å²) in [5.41, 5.74) is 0. The highest BCUT2D eigenvalue weighted by molar-refractivity contribution is 4.99. The lowest BCUT2D eigenvalue weighted by Crippen LogP contribution is -2.01. The van der Waals surface area contributed by atoms with Crippen molar-refractivity contribution in [3.8, 4) is 0 Å². The Morgan fingerprint density at radius 3 is 2.33 bits per heavy atom. The van der Waals surface area contributed by atoms with Crippen LogP contribution in [0.25, 0.3) is 0 Å². The van der Waals surface area contributed by atoms with Crippen LogP contribution in [0.15, 0.2) is 16.7 Å². The van der Waals surface area contributed by atoms with Gasteiger partial charge in [0, 0.05) is 6.07 Å². The molecule has 0 aliphatic rings. The fourth-order valence-corrected chi connectivity index (χ4v) is 0.394. The van der Waals surface area contributed by atoms with Crippen molar-refractivity contribution in [1.82, 2.24) is 0 Å². The molecular formula is C5H2F3O. The summed E-state index contributed by atoms with van der Waals surface area (Å²) in [4.78, 5) is 0. The SMILES string of the molecule is FC(F)(F)c1[c]cco1. The quantitative estimate of drug-likeness (QED) is 0.530. The predicted molar refractivity (Wildman–Crippen MR) is 22.5 cm³/mol. The molecule has 0 aliphatic heterocycles. The van der Waals surface area contributed by atoms with Crippen LogP contribution in [0.5, 0.6) is 0 Å². The summed E-state index contributed by atoms with van der Waals surface area (Å²) in [5.74, 6) is -1.08. The summed E-state index contributed by atoms with van der Waals surface area (Å²) in [7, 11) is 0. The lowest BCUT2D eigenvalue weighted by atomic mass is 10.4. The Labute approximate surface area is 49.1 Å². The van der Waals surface area contributed by atoms with Gasteiger partial charge in [0.25, 0.3) is 0 Å². The number of hydrogen-bond acceptors (Lipinski definition) is 1. The maximum Gasteiger partial charge on any atom is 0.450 e. The van der Waals surface area contributed by atoms with E-state index in [0.717, 1.165) is 12.3 Å². The third kappa shape index (κ3) is 1.25. The second-order valence-electron chi connectivity index (χ2n) is 1.39. The topological polar surface area (TPSA) is 13.1 Å². The van der Waals surface area contributed by atoms with Gasteiger partial charge in [0.15, 0.2) is 0 Å². The molecule has 4 heteroatoms. The summed E-state index contributed by atoms with van der Waals surface area (Å²) >= 11 is 0. The predicted octanol–water partition coefficient (Wildman–Crippen LogP) is 2.10. The molecule has 0 unspecified atom stereocenters. The van der Waals surface area contributed by atoms with Crippen molar-refractivity contribution in [3.05, 3.63) is 24.2 Å². The third-order valence-electron chi connectivity index (χ3n) is 0.726. The number of hydrogen-bond donors (Lipinski definition) is 0. The van der Waals surface area contributed by atoms with E-state index in [4.69, 9.17) is 0 Å². The minimum absolute atomic E-state index is 0.933. The van der Waals surface area contributed by atoms with E-state index in [1.54, 1.807) is 0 Å². The van der Waals surface area contributed by atoms with E-state index in [-0.39, 0.29) is 0 Å². The van der Waals surface area contributed by atoms with Gasteiger partial charge in [0.2, 0.25) is 5.76 Å². The van der Waals surface area contributed by atoms with Gasteiger partial charge in [0.1, 0.15) is 0 Å². The van der Waals surface area contributed by atoms with Gasteiger partial charge in [-0.2, -0.15) is 13.2 Å². The van der Waals surface area contributed by atoms with E-state index in [0.29, 0.717) is 0 Å². The van der Waals surface area contributed by atoms with Crippen molar-refractivity contribution < 1.29 is 17.6 Å². The van der Waals surface area contributed by atoms with Gasteiger partial charge in [-0.3, -0.25) is 0 Å². The van der Waals surface area contributed by atoms with Crippen molar-refractivity contribution in [2.24, 2.45) is 0 Å². The molecule has 0 saturated heterocycles. The van der Waals surface area contributed by atoms with E-state index in [2.05, 4.69) is 4.42 Å². The van der Waals surface area contributed by atoms with Crippen LogP contribution in [0, 0.1) is 6.07 Å². The average Bonchev–Trinajstić information content (AvgIpc) is 2.08. The number of halogens is 3. The van der Waals surface area contributed by atoms with Crippen molar-refractivity contribution in [2.45, 2.75) is 6.18 Å². The first-order chi connectivity index (χ1) is 4.11. The Morgan fingerprint density at radius 2 is 2.11 bits per heavy atom. The van der Waals surface area contributed by atoms with Crippen LogP contribution in [0.2, 0.25) is 0 Å². The highest BCUT2D eigenvalue weighted by Crippen LogP contribution is 2.28. The van der Waals surface area contributed by atoms with Gasteiger partial charge in [-0.05, 0) is 6.07 Å². The molecule has 0 spiro atoms. The van der Waals surface area contributed by atoms with E-state index >= 15 is 0 Å². The number of alkyl halides is 3. The van der Waals surface area contributed by atoms with Crippen LogP contribution in [0.3, 0.4) is 0 Å². The van der Waals surface area contributed by atoms with Crippen molar-refractivity contribution in [1.29, 1.82) is 0 Å². The number of rotatable bonds is 0. The highest BCUT2D eigenvalue weighted by Gasteiger charge is 2.33. The molecule has 0 N–H and O–H groups in total. The first-order valence-corrected chi connectivity index (χ1v) is 2.13. The average molecular weight is 135 g/mol. The van der Waals surface area contributed by atoms with Gasteiger partial charge in [0.05, 0.1) is 6.26 Å². The smallest absolute Gasteiger partial charge is 0.450 e. The molecule has 9 heavy (non-hydrogen) atoms. The van der Waals surface area contributed by atoms with E-state index in [1.807, 2.05) is 6.07 Å². The zero-order chi connectivity index (χ0) is 6.91. The van der Waals surface area contributed by atoms with Crippen LogP contribution >= 0.6 is 0 Å². The van der Waals surface area contributed by atoms with Crippen LogP contribution in [0.4, 0.5) is 13.2 Å². The first kappa shape index (κ1) is 6.19. The zero-order valence-corrected chi connectivity index (χ0v) is 4.20. The molecule has 0 bridgehead atoms. The van der Waals surface area contributed by atoms with Gasteiger partial charge >= 0.3 is 6.18 Å². The molecule has 1 rings (SSSR count). The summed E-state index contributed by atoms with van der Waals surface area (Å²) in [6.07, 6.45) is -3.47. The van der Waals surface area contributed by atoms with Crippen LogP contribution in [-0.4, -0.2) is 0 Å². The Hall–Kier alpha value is -0.930. The highest BCUT2D eigenvalue weighted by atomic mass is 19.4. The standard InChI is InChI=1S/C5H2F3O/c6-5(7,8)4-2-1-3-9-4/h1,3H. The molecule has 0 amide bonds. The Kier molecular flexibility index (Phi) is 1.23. The minimum Gasteiger partial charge on any atom is -0.459 e. The molecule has 0 aliphatic carbocycles. The molecule has 1 aromatic heterocycles. The van der Waals surface area contributed by atoms with Gasteiger partial charge in [-0.25, -0.2) is 0 Å². The van der Waals surface area contributed by atoms with Gasteiger partial charge in [-0.15, -0.1) is 0 Å². The summed E-state index contributed by atoms with van der Waals surface area (Å²) < 4.78 is 38.5. The molecule has 0 fully saturated rings. The zero-order valence-electron chi connectivity index (χ0n) is 4.20. The van der Waals surface area contributed by atoms with Crippen molar-refractivity contribution >= 4 is 0 Å². The molecule has 1 heterocycles. The number of furan rings is 1. The maximum atomic E-state index is 11.5. The molecule has 1 aromatic rings. The second-order valence-corrected chi connectivity index (χ2v) is 1.39. The fourth-order valence-electron chi connectivity index (χ4n) is 0.394. The molecule has 1 nitrogen and oxygen atoms in total. The second kappa shape index (κ2) is 1.79. The summed E-state index contributed by atoms with van der Waals surface area (Å²) in [5, 5.41) is 0. The van der Waals surface area contributed by atoms with E-state index in [1.165, 1.54) is 0 Å². The monoisotopic (exact) mass is 135 g/mol. The van der Waals surface area contributed by atoms with Crippen LogP contribution in [-0.2, 0) is 6.18 Å². The normalized spacial score (nSPS) is 11.9. The first-order valence-electron chi connectivity index (χ1n) is 2.13. The Balaban J connectivity index is 2.90. The van der Waals surface area contributed by atoms with Gasteiger partial charge in [-0.1, -0.05) is 0 Å².